The predicted molar refractivity (Wildman–Crippen MR) is 181 cm³/mol. The van der Waals surface area contributed by atoms with Crippen LogP contribution in [-0.4, -0.2) is 68.3 Å². The molecule has 0 unspecified atom stereocenters. The van der Waals surface area contributed by atoms with E-state index in [0.717, 1.165) is 15.7 Å². The number of nitrogens with one attached hydrogen (secondary N) is 2. The molecule has 0 radical (unpaired) electrons. The lowest BCUT2D eigenvalue weighted by Crippen LogP contribution is -2.44. The highest BCUT2D eigenvalue weighted by Gasteiger charge is 2.23. The maximum atomic E-state index is 13.5. The number of aromatic nitrogens is 3. The number of hydrogen-bond acceptors (Lipinski definition) is 7. The van der Waals surface area contributed by atoms with Crippen LogP contribution in [0.4, 0.5) is 15.3 Å². The number of carbonyl (C=O) groups is 4. The summed E-state index contributed by atoms with van der Waals surface area (Å²) in [5.41, 5.74) is 1.95. The molecule has 2 heterocycles. The van der Waals surface area contributed by atoms with E-state index in [-0.39, 0.29) is 43.4 Å². The number of carbonyl (C=O) groups excluding carboxylic acids is 3. The standard InChI is InChI=1S/C35H40N6O7/c1-23(2)20-25-14-10-17-28-31(25)38-29(41(28)35(46)47)21-40-19-11-16-27(33(40)44)36-32(43)26(15-8-9-18-30(42)39(3)4)37-34(45)48-22-24-12-6-5-7-13-24/h5-7,9-14,16-19,23,26H,8,15,20-22H2,1-4H3,(H,36,43)(H,37,45)(H,46,47)/b18-9+/t26-/m0/s1. The van der Waals surface area contributed by atoms with Crippen LogP contribution in [0, 0.1) is 5.92 Å². The Labute approximate surface area is 277 Å². The maximum absolute atomic E-state index is 13.5. The Balaban J connectivity index is 1.54. The first kappa shape index (κ1) is 35.1. The molecular formula is C35H40N6O7. The molecule has 2 aromatic carbocycles. The molecule has 1 atom stereocenters. The second-order valence-corrected chi connectivity index (χ2v) is 11.8. The Morgan fingerprint density at radius 2 is 1.77 bits per heavy atom. The zero-order valence-corrected chi connectivity index (χ0v) is 27.4. The van der Waals surface area contributed by atoms with E-state index >= 15 is 0 Å². The van der Waals surface area contributed by atoms with Gasteiger partial charge in [0.25, 0.3) is 5.56 Å². The van der Waals surface area contributed by atoms with Crippen LogP contribution < -0.4 is 16.2 Å². The van der Waals surface area contributed by atoms with E-state index in [9.17, 15) is 29.1 Å². The molecule has 0 aliphatic heterocycles. The number of likely N-dealkylation sites (N-methyl/N-ethyl adjacent to an activating group) is 1. The maximum Gasteiger partial charge on any atom is 0.417 e. The fourth-order valence-corrected chi connectivity index (χ4v) is 5.03. The first-order valence-corrected chi connectivity index (χ1v) is 15.5. The molecule has 13 heteroatoms. The van der Waals surface area contributed by atoms with Crippen LogP contribution >= 0.6 is 0 Å². The second-order valence-electron chi connectivity index (χ2n) is 11.8. The number of benzene rings is 2. The van der Waals surface area contributed by atoms with Crippen molar-refractivity contribution in [1.82, 2.24) is 24.3 Å². The van der Waals surface area contributed by atoms with E-state index in [1.807, 2.05) is 24.3 Å². The van der Waals surface area contributed by atoms with Crippen LogP contribution in [0.2, 0.25) is 0 Å². The van der Waals surface area contributed by atoms with E-state index < -0.39 is 29.7 Å². The first-order valence-electron chi connectivity index (χ1n) is 15.5. The molecule has 3 amide bonds. The lowest BCUT2D eigenvalue weighted by molar-refractivity contribution is -0.123. The van der Waals surface area contributed by atoms with Gasteiger partial charge < -0.3 is 29.9 Å². The Morgan fingerprint density at radius 1 is 1.02 bits per heavy atom. The third-order valence-electron chi connectivity index (χ3n) is 7.39. The third kappa shape index (κ3) is 9.18. The quantitative estimate of drug-likeness (QED) is 0.175. The highest BCUT2D eigenvalue weighted by molar-refractivity contribution is 5.96. The van der Waals surface area contributed by atoms with Gasteiger partial charge in [0, 0.05) is 20.3 Å². The van der Waals surface area contributed by atoms with E-state index in [0.29, 0.717) is 23.4 Å². The Bertz CT molecular complexity index is 1860. The van der Waals surface area contributed by atoms with Crippen molar-refractivity contribution in [2.45, 2.75) is 52.3 Å². The smallest absolute Gasteiger partial charge is 0.417 e. The summed E-state index contributed by atoms with van der Waals surface area (Å²) in [7, 11) is 3.22. The van der Waals surface area contributed by atoms with Crippen LogP contribution in [0.1, 0.15) is 43.6 Å². The number of allylic oxidation sites excluding steroid dienone is 1. The van der Waals surface area contributed by atoms with Crippen molar-refractivity contribution in [2.24, 2.45) is 5.92 Å². The van der Waals surface area contributed by atoms with Crippen molar-refractivity contribution in [3.63, 3.8) is 0 Å². The molecule has 13 nitrogen and oxygen atoms in total. The van der Waals surface area contributed by atoms with Gasteiger partial charge in [0.1, 0.15) is 24.2 Å². The Kier molecular flexibility index (Phi) is 11.9. The predicted octanol–water partition coefficient (Wildman–Crippen LogP) is 4.63. The number of amides is 3. The molecule has 4 aromatic rings. The molecule has 0 saturated heterocycles. The average molecular weight is 657 g/mol. The van der Waals surface area contributed by atoms with Gasteiger partial charge in [-0.3, -0.25) is 14.4 Å². The summed E-state index contributed by atoms with van der Waals surface area (Å²) in [5.74, 6) is -0.454. The minimum absolute atomic E-state index is 0.0122. The van der Waals surface area contributed by atoms with Gasteiger partial charge in [-0.2, -0.15) is 0 Å². The fourth-order valence-electron chi connectivity index (χ4n) is 5.03. The molecule has 0 saturated carbocycles. The number of hydrogen-bond donors (Lipinski definition) is 3. The minimum atomic E-state index is -1.24. The van der Waals surface area contributed by atoms with Gasteiger partial charge in [-0.25, -0.2) is 19.1 Å². The number of para-hydroxylation sites is 1. The number of imidazole rings is 1. The van der Waals surface area contributed by atoms with Crippen molar-refractivity contribution < 1.29 is 29.0 Å². The van der Waals surface area contributed by atoms with Crippen molar-refractivity contribution in [1.29, 1.82) is 0 Å². The molecule has 3 N–H and O–H groups in total. The number of carboxylic acid groups (broad SMARTS) is 1. The van der Waals surface area contributed by atoms with Crippen LogP contribution in [-0.2, 0) is 33.9 Å². The van der Waals surface area contributed by atoms with Crippen LogP contribution in [0.5, 0.6) is 0 Å². The average Bonchev–Trinajstić information content (AvgIpc) is 3.42. The van der Waals surface area contributed by atoms with Gasteiger partial charge in [-0.15, -0.1) is 0 Å². The largest absolute Gasteiger partial charge is 0.464 e. The molecular weight excluding hydrogens is 616 g/mol. The first-order chi connectivity index (χ1) is 22.9. The molecule has 48 heavy (non-hydrogen) atoms. The molecule has 2 aromatic heterocycles. The van der Waals surface area contributed by atoms with Crippen molar-refractivity contribution >= 4 is 40.7 Å². The molecule has 252 valence electrons. The zero-order valence-electron chi connectivity index (χ0n) is 27.4. The van der Waals surface area contributed by atoms with Gasteiger partial charge in [0.15, 0.2) is 0 Å². The van der Waals surface area contributed by atoms with Gasteiger partial charge in [0.05, 0.1) is 17.6 Å². The number of pyridine rings is 1. The summed E-state index contributed by atoms with van der Waals surface area (Å²) in [6.45, 7) is 3.93. The summed E-state index contributed by atoms with van der Waals surface area (Å²) in [5, 5.41) is 15.2. The SMILES string of the molecule is CC(C)Cc1cccc2c1nc(Cn1cccc(NC(=O)[C@H](CC/C=C/C(=O)N(C)C)NC(=O)OCc3ccccc3)c1=O)n2C(=O)O. The number of anilines is 1. The number of rotatable bonds is 13. The summed E-state index contributed by atoms with van der Waals surface area (Å²) in [4.78, 5) is 69.9. The van der Waals surface area contributed by atoms with E-state index in [2.05, 4.69) is 29.5 Å². The third-order valence-corrected chi connectivity index (χ3v) is 7.39. The Hall–Kier alpha value is -5.72. The van der Waals surface area contributed by atoms with Crippen molar-refractivity contribution in [2.75, 3.05) is 19.4 Å². The molecule has 0 aliphatic carbocycles. The van der Waals surface area contributed by atoms with Gasteiger partial charge >= 0.3 is 12.2 Å². The molecule has 0 spiro atoms. The number of fused-ring (bicyclic) bond motifs is 1. The minimum Gasteiger partial charge on any atom is -0.464 e. The molecule has 0 fully saturated rings. The number of nitrogens with zero attached hydrogens (tertiary/aromatic N) is 4. The second kappa shape index (κ2) is 16.2. The van der Waals surface area contributed by atoms with Crippen molar-refractivity contribution in [3.8, 4) is 0 Å². The molecule has 0 aliphatic rings. The lowest BCUT2D eigenvalue weighted by atomic mass is 10.0. The van der Waals surface area contributed by atoms with Gasteiger partial charge in [-0.05, 0) is 60.6 Å². The summed E-state index contributed by atoms with van der Waals surface area (Å²) >= 11 is 0. The van der Waals surface area contributed by atoms with Crippen LogP contribution in [0.15, 0.2) is 83.8 Å². The normalized spacial score (nSPS) is 11.9. The zero-order chi connectivity index (χ0) is 34.8. The van der Waals surface area contributed by atoms with Gasteiger partial charge in [0.2, 0.25) is 11.8 Å². The molecule has 4 rings (SSSR count). The topological polar surface area (TPSA) is 165 Å². The summed E-state index contributed by atoms with van der Waals surface area (Å²) < 4.78 is 7.61. The summed E-state index contributed by atoms with van der Waals surface area (Å²) in [6, 6.07) is 16.2. The van der Waals surface area contributed by atoms with E-state index in [4.69, 9.17) is 4.74 Å². The van der Waals surface area contributed by atoms with E-state index in [1.165, 1.54) is 27.8 Å². The van der Waals surface area contributed by atoms with E-state index in [1.54, 1.807) is 50.5 Å². The lowest BCUT2D eigenvalue weighted by Gasteiger charge is -2.18. The number of alkyl carbamates (subject to hydrolysis) is 1. The molecule has 0 bridgehead atoms. The highest BCUT2D eigenvalue weighted by atomic mass is 16.5. The van der Waals surface area contributed by atoms with Crippen LogP contribution in [0.3, 0.4) is 0 Å². The Morgan fingerprint density at radius 3 is 2.46 bits per heavy atom. The van der Waals surface area contributed by atoms with Crippen molar-refractivity contribution in [3.05, 3.63) is 106 Å². The number of ether oxygens (including phenoxy) is 1. The van der Waals surface area contributed by atoms with Gasteiger partial charge in [-0.1, -0.05) is 62.4 Å². The highest BCUT2D eigenvalue weighted by Crippen LogP contribution is 2.23. The summed E-state index contributed by atoms with van der Waals surface area (Å²) in [6.07, 6.45) is 3.44. The monoisotopic (exact) mass is 656 g/mol. The van der Waals surface area contributed by atoms with Crippen LogP contribution in [0.25, 0.3) is 11.0 Å². The fraction of sp³-hybridized carbons (Fsp3) is 0.314.